The number of primary amides is 1. The van der Waals surface area contributed by atoms with Crippen LogP contribution in [-0.4, -0.2) is 66.4 Å². The first-order chi connectivity index (χ1) is 13.0. The Labute approximate surface area is 190 Å². The summed E-state index contributed by atoms with van der Waals surface area (Å²) < 4.78 is 0. The van der Waals surface area contributed by atoms with E-state index in [1.54, 1.807) is 11.3 Å². The molecular weight excluding hydrogens is 487 g/mol. The van der Waals surface area contributed by atoms with Gasteiger partial charge in [-0.25, -0.2) is 4.98 Å². The third kappa shape index (κ3) is 8.60. The zero-order chi connectivity index (χ0) is 19.6. The normalized spacial score (nSPS) is 15.9. The van der Waals surface area contributed by atoms with Gasteiger partial charge in [-0.3, -0.25) is 9.79 Å². The number of aliphatic imine (C=N–C) groups is 1. The van der Waals surface area contributed by atoms with Crippen LogP contribution in [0.3, 0.4) is 0 Å². The number of halogens is 1. The molecule has 0 spiro atoms. The second-order valence-corrected chi connectivity index (χ2v) is 8.24. The number of nitrogens with two attached hydrogens (primary N) is 1. The van der Waals surface area contributed by atoms with E-state index in [4.69, 9.17) is 10.7 Å². The Kier molecular flexibility index (Phi) is 11.9. The molecule has 1 aliphatic rings. The molecule has 3 N–H and O–H groups in total. The molecule has 9 heteroatoms. The largest absolute Gasteiger partial charge is 0.369 e. The fraction of sp³-hybridized carbons (Fsp3) is 0.737. The molecule has 0 bridgehead atoms. The summed E-state index contributed by atoms with van der Waals surface area (Å²) in [5.41, 5.74) is 6.48. The molecule has 1 aliphatic heterocycles. The van der Waals surface area contributed by atoms with Crippen molar-refractivity contribution >= 4 is 47.2 Å². The predicted molar refractivity (Wildman–Crippen MR) is 127 cm³/mol. The number of nitrogens with one attached hydrogen (secondary N) is 1. The van der Waals surface area contributed by atoms with Gasteiger partial charge in [-0.05, 0) is 59.2 Å². The second kappa shape index (κ2) is 13.3. The van der Waals surface area contributed by atoms with Crippen molar-refractivity contribution in [3.63, 3.8) is 0 Å². The number of hydrogen-bond donors (Lipinski definition) is 2. The number of amides is 1. The van der Waals surface area contributed by atoms with Crippen LogP contribution in [-0.2, 0) is 11.3 Å². The average molecular weight is 523 g/mol. The molecule has 160 valence electrons. The van der Waals surface area contributed by atoms with Crippen LogP contribution in [0.1, 0.15) is 43.3 Å². The van der Waals surface area contributed by atoms with Gasteiger partial charge in [0.25, 0.3) is 0 Å². The summed E-state index contributed by atoms with van der Waals surface area (Å²) in [5, 5.41) is 6.57. The van der Waals surface area contributed by atoms with E-state index in [2.05, 4.69) is 39.5 Å². The molecule has 2 rings (SSSR count). The highest BCUT2D eigenvalue weighted by molar-refractivity contribution is 14.0. The molecule has 28 heavy (non-hydrogen) atoms. The number of rotatable bonds is 9. The molecule has 1 aromatic rings. The molecule has 0 aliphatic carbocycles. The number of aryl methyl sites for hydroxylation is 1. The van der Waals surface area contributed by atoms with Crippen molar-refractivity contribution in [2.45, 2.75) is 46.1 Å². The molecule has 0 aromatic carbocycles. The smallest absolute Gasteiger partial charge is 0.220 e. The summed E-state index contributed by atoms with van der Waals surface area (Å²) in [4.78, 5) is 25.1. The van der Waals surface area contributed by atoms with Gasteiger partial charge in [0.1, 0.15) is 0 Å². The Bertz CT molecular complexity index is 615. The summed E-state index contributed by atoms with van der Waals surface area (Å²) in [5.74, 6) is 0.868. The van der Waals surface area contributed by atoms with E-state index in [1.807, 2.05) is 6.92 Å². The van der Waals surface area contributed by atoms with Gasteiger partial charge in [0.05, 0.1) is 17.2 Å². The maximum Gasteiger partial charge on any atom is 0.220 e. The molecule has 1 saturated heterocycles. The first kappa shape index (κ1) is 25.1. The van der Waals surface area contributed by atoms with E-state index in [1.165, 1.54) is 0 Å². The summed E-state index contributed by atoms with van der Waals surface area (Å²) in [6, 6.07) is 0. The molecule has 0 unspecified atom stereocenters. The highest BCUT2D eigenvalue weighted by atomic mass is 127. The van der Waals surface area contributed by atoms with E-state index in [0.29, 0.717) is 0 Å². The number of thiazole rings is 1. The lowest BCUT2D eigenvalue weighted by atomic mass is 9.96. The summed E-state index contributed by atoms with van der Waals surface area (Å²) in [6.45, 7) is 9.60. The van der Waals surface area contributed by atoms with E-state index >= 15 is 0 Å². The molecule has 2 heterocycles. The van der Waals surface area contributed by atoms with Crippen LogP contribution in [0.25, 0.3) is 0 Å². The van der Waals surface area contributed by atoms with Crippen LogP contribution in [0, 0.1) is 12.8 Å². The van der Waals surface area contributed by atoms with E-state index in [-0.39, 0.29) is 35.8 Å². The topological polar surface area (TPSA) is 86.8 Å². The Balaban J connectivity index is 0.00000392. The third-order valence-electron chi connectivity index (χ3n) is 4.90. The van der Waals surface area contributed by atoms with Gasteiger partial charge in [0.15, 0.2) is 5.96 Å². The van der Waals surface area contributed by atoms with Crippen LogP contribution >= 0.6 is 35.3 Å². The fourth-order valence-electron chi connectivity index (χ4n) is 3.34. The lowest BCUT2D eigenvalue weighted by Crippen LogP contribution is -2.39. The number of likely N-dealkylation sites (tertiary alicyclic amines) is 1. The van der Waals surface area contributed by atoms with Crippen LogP contribution in [0.15, 0.2) is 10.4 Å². The number of piperidine rings is 1. The monoisotopic (exact) mass is 522 g/mol. The Morgan fingerprint density at radius 1 is 1.43 bits per heavy atom. The van der Waals surface area contributed by atoms with Crippen LogP contribution in [0.2, 0.25) is 0 Å². The van der Waals surface area contributed by atoms with E-state index in [9.17, 15) is 4.79 Å². The number of carbonyl (C=O) groups is 1. The molecule has 7 nitrogen and oxygen atoms in total. The SMILES string of the molecule is CCNC(=NCCCCN1CCC(C(N)=O)CC1)N(C)Cc1csc(C)n1.I. The Morgan fingerprint density at radius 2 is 2.14 bits per heavy atom. The summed E-state index contributed by atoms with van der Waals surface area (Å²) >= 11 is 1.68. The van der Waals surface area contributed by atoms with E-state index in [0.717, 1.165) is 81.6 Å². The van der Waals surface area contributed by atoms with Crippen molar-refractivity contribution in [1.82, 2.24) is 20.1 Å². The third-order valence-corrected chi connectivity index (χ3v) is 5.72. The fourth-order valence-corrected chi connectivity index (χ4v) is 3.95. The number of nitrogens with zero attached hydrogens (tertiary/aromatic N) is 4. The van der Waals surface area contributed by atoms with Gasteiger partial charge in [-0.15, -0.1) is 35.3 Å². The lowest BCUT2D eigenvalue weighted by Gasteiger charge is -2.30. The minimum absolute atomic E-state index is 0. The van der Waals surface area contributed by atoms with Crippen molar-refractivity contribution in [1.29, 1.82) is 0 Å². The minimum Gasteiger partial charge on any atom is -0.369 e. The molecule has 0 atom stereocenters. The maximum atomic E-state index is 11.2. The molecule has 1 aromatic heterocycles. The predicted octanol–water partition coefficient (Wildman–Crippen LogP) is 2.44. The first-order valence-electron chi connectivity index (χ1n) is 9.91. The van der Waals surface area contributed by atoms with Crippen molar-refractivity contribution in [2.75, 3.05) is 39.8 Å². The van der Waals surface area contributed by atoms with Gasteiger partial charge in [0, 0.05) is 31.4 Å². The van der Waals surface area contributed by atoms with Crippen LogP contribution in [0.4, 0.5) is 0 Å². The van der Waals surface area contributed by atoms with Gasteiger partial charge < -0.3 is 20.9 Å². The average Bonchev–Trinajstić information content (AvgIpc) is 3.05. The highest BCUT2D eigenvalue weighted by Crippen LogP contribution is 2.16. The van der Waals surface area contributed by atoms with Crippen molar-refractivity contribution in [2.24, 2.45) is 16.6 Å². The Morgan fingerprint density at radius 3 is 2.71 bits per heavy atom. The standard InChI is InChI=1S/C19H34N6OS.HI/c1-4-21-19(24(3)13-17-14-27-15(2)23-17)22-9-5-6-10-25-11-7-16(8-12-25)18(20)26;/h14,16H,4-13H2,1-3H3,(H2,20,26)(H,21,22);1H. The van der Waals surface area contributed by atoms with Crippen molar-refractivity contribution in [3.8, 4) is 0 Å². The number of guanidine groups is 1. The number of carbonyl (C=O) groups excluding carboxylic acids is 1. The molecule has 1 amide bonds. The van der Waals surface area contributed by atoms with Gasteiger partial charge in [-0.1, -0.05) is 0 Å². The van der Waals surface area contributed by atoms with Crippen LogP contribution in [0.5, 0.6) is 0 Å². The van der Waals surface area contributed by atoms with Gasteiger partial charge >= 0.3 is 0 Å². The summed E-state index contributed by atoms with van der Waals surface area (Å²) in [7, 11) is 2.05. The number of unbranched alkanes of at least 4 members (excludes halogenated alkanes) is 1. The van der Waals surface area contributed by atoms with Crippen molar-refractivity contribution in [3.05, 3.63) is 16.1 Å². The van der Waals surface area contributed by atoms with E-state index < -0.39 is 0 Å². The van der Waals surface area contributed by atoms with Crippen molar-refractivity contribution < 1.29 is 4.79 Å². The highest BCUT2D eigenvalue weighted by Gasteiger charge is 2.22. The maximum absolute atomic E-state index is 11.2. The van der Waals surface area contributed by atoms with Gasteiger partial charge in [-0.2, -0.15) is 0 Å². The first-order valence-corrected chi connectivity index (χ1v) is 10.8. The Hall–Kier alpha value is -0.940. The molecular formula is C19H35IN6OS. The van der Waals surface area contributed by atoms with Gasteiger partial charge in [0.2, 0.25) is 5.91 Å². The van der Waals surface area contributed by atoms with Crippen LogP contribution < -0.4 is 11.1 Å². The quantitative estimate of drug-likeness (QED) is 0.225. The zero-order valence-corrected chi connectivity index (χ0v) is 20.5. The number of hydrogen-bond acceptors (Lipinski definition) is 5. The molecule has 0 saturated carbocycles. The lowest BCUT2D eigenvalue weighted by molar-refractivity contribution is -0.123. The zero-order valence-electron chi connectivity index (χ0n) is 17.3. The number of aromatic nitrogens is 1. The minimum atomic E-state index is -0.142. The summed E-state index contributed by atoms with van der Waals surface area (Å²) in [6.07, 6.45) is 3.99. The molecule has 0 radical (unpaired) electrons. The molecule has 1 fully saturated rings. The second-order valence-electron chi connectivity index (χ2n) is 7.17.